The van der Waals surface area contributed by atoms with E-state index in [1.165, 1.54) is 16.8 Å². The first-order valence-electron chi connectivity index (χ1n) is 14.1. The fourth-order valence-electron chi connectivity index (χ4n) is 6.61. The minimum atomic E-state index is -1.09. The number of amides is 1. The third-order valence-corrected chi connectivity index (χ3v) is 8.46. The van der Waals surface area contributed by atoms with Gasteiger partial charge in [0.05, 0.1) is 23.2 Å². The van der Waals surface area contributed by atoms with Crippen molar-refractivity contribution >= 4 is 16.9 Å². The van der Waals surface area contributed by atoms with Gasteiger partial charge in [0.2, 0.25) is 0 Å². The third kappa shape index (κ3) is 4.82. The van der Waals surface area contributed by atoms with Gasteiger partial charge in [0, 0.05) is 34.8 Å². The minimum absolute atomic E-state index is 0.0775. The second-order valence-electron chi connectivity index (χ2n) is 12.2. The molecule has 3 N–H and O–H groups in total. The number of carbonyl (C=O) groups excluding carboxylic acids is 1. The highest BCUT2D eigenvalue weighted by Gasteiger charge is 2.42. The van der Waals surface area contributed by atoms with Crippen LogP contribution in [0.2, 0.25) is 0 Å². The van der Waals surface area contributed by atoms with E-state index in [9.17, 15) is 19.6 Å². The summed E-state index contributed by atoms with van der Waals surface area (Å²) in [7, 11) is 0. The standard InChI is InChI=1S/C32H32F2N6O2/c1-17-29(34)26(14-28-30(17)39(38-37-28)16-32(2,3)42)24-9-6-19(10-25(24)18-4-5-20(15-35)27(33)11-18)31(41)40-22-7-8-23(40)13-21(36)12-22/h4-6,9-11,14,21-23,42H,7-8,12-13,16,36H2,1-3H3/t21?,22-,23+. The van der Waals surface area contributed by atoms with E-state index >= 15 is 4.39 Å². The van der Waals surface area contributed by atoms with Crippen molar-refractivity contribution in [3.8, 4) is 28.3 Å². The number of rotatable bonds is 5. The van der Waals surface area contributed by atoms with Gasteiger partial charge in [0.15, 0.2) is 0 Å². The maximum atomic E-state index is 16.2. The summed E-state index contributed by atoms with van der Waals surface area (Å²) in [6.07, 6.45) is 3.34. The number of benzene rings is 3. The lowest BCUT2D eigenvalue weighted by Crippen LogP contribution is -2.50. The van der Waals surface area contributed by atoms with Gasteiger partial charge in [-0.25, -0.2) is 13.5 Å². The van der Waals surface area contributed by atoms with Crippen LogP contribution in [0.1, 0.15) is 61.0 Å². The Bertz CT molecular complexity index is 1760. The predicted octanol–water partition coefficient (Wildman–Crippen LogP) is 5.09. The van der Waals surface area contributed by atoms with Crippen molar-refractivity contribution in [3.05, 3.63) is 70.8 Å². The van der Waals surface area contributed by atoms with Gasteiger partial charge in [-0.1, -0.05) is 17.3 Å². The van der Waals surface area contributed by atoms with Crippen molar-refractivity contribution in [3.63, 3.8) is 0 Å². The Morgan fingerprint density at radius 3 is 2.45 bits per heavy atom. The molecule has 2 fully saturated rings. The van der Waals surface area contributed by atoms with Gasteiger partial charge < -0.3 is 15.7 Å². The first-order valence-corrected chi connectivity index (χ1v) is 14.1. The molecule has 0 aliphatic carbocycles. The van der Waals surface area contributed by atoms with Gasteiger partial charge in [0.1, 0.15) is 23.2 Å². The quantitative estimate of drug-likeness (QED) is 0.345. The molecule has 3 aromatic carbocycles. The largest absolute Gasteiger partial charge is 0.389 e. The van der Waals surface area contributed by atoms with Crippen LogP contribution in [-0.2, 0) is 6.54 Å². The van der Waals surface area contributed by atoms with E-state index in [1.807, 2.05) is 11.0 Å². The van der Waals surface area contributed by atoms with E-state index in [0.29, 0.717) is 38.9 Å². The second-order valence-corrected chi connectivity index (χ2v) is 12.2. The number of hydrogen-bond acceptors (Lipinski definition) is 6. The molecule has 0 saturated carbocycles. The SMILES string of the molecule is Cc1c(F)c(-c2ccc(C(=O)N3[C@@H]4CC[C@H]3CC(N)C4)cc2-c2ccc(C#N)c(F)c2)cc2nnn(CC(C)(C)O)c12. The first kappa shape index (κ1) is 27.9. The zero-order valence-corrected chi connectivity index (χ0v) is 23.7. The topological polar surface area (TPSA) is 121 Å². The van der Waals surface area contributed by atoms with Crippen molar-refractivity contribution in [2.24, 2.45) is 5.73 Å². The number of piperidine rings is 1. The Balaban J connectivity index is 1.50. The summed E-state index contributed by atoms with van der Waals surface area (Å²) in [6.45, 7) is 5.02. The van der Waals surface area contributed by atoms with Gasteiger partial charge in [-0.05, 0) is 93.5 Å². The lowest BCUT2D eigenvalue weighted by Gasteiger charge is -2.38. The highest BCUT2D eigenvalue weighted by Crippen LogP contribution is 2.40. The lowest BCUT2D eigenvalue weighted by atomic mass is 9.90. The van der Waals surface area contributed by atoms with Crippen LogP contribution < -0.4 is 5.73 Å². The smallest absolute Gasteiger partial charge is 0.254 e. The van der Waals surface area contributed by atoms with Crippen molar-refractivity contribution in [2.75, 3.05) is 0 Å². The Morgan fingerprint density at radius 1 is 1.10 bits per heavy atom. The van der Waals surface area contributed by atoms with Crippen LogP contribution >= 0.6 is 0 Å². The van der Waals surface area contributed by atoms with E-state index in [-0.39, 0.29) is 41.7 Å². The molecule has 10 heteroatoms. The van der Waals surface area contributed by atoms with Gasteiger partial charge >= 0.3 is 0 Å². The number of aromatic nitrogens is 3. The van der Waals surface area contributed by atoms with Crippen LogP contribution in [0.3, 0.4) is 0 Å². The average molecular weight is 571 g/mol. The number of nitriles is 1. The van der Waals surface area contributed by atoms with E-state index < -0.39 is 17.2 Å². The third-order valence-electron chi connectivity index (χ3n) is 8.46. The fraction of sp³-hybridized carbons (Fsp3) is 0.375. The van der Waals surface area contributed by atoms with Crippen LogP contribution in [0.5, 0.6) is 0 Å². The van der Waals surface area contributed by atoms with Crippen LogP contribution in [0.25, 0.3) is 33.3 Å². The van der Waals surface area contributed by atoms with Crippen LogP contribution in [-0.4, -0.2) is 54.6 Å². The van der Waals surface area contributed by atoms with E-state index in [2.05, 4.69) is 10.3 Å². The normalized spacial score (nSPS) is 20.2. The summed E-state index contributed by atoms with van der Waals surface area (Å²) in [5.41, 5.74) is 8.17. The summed E-state index contributed by atoms with van der Waals surface area (Å²) in [5, 5.41) is 27.9. The zero-order chi connectivity index (χ0) is 29.9. The molecule has 4 aromatic rings. The minimum Gasteiger partial charge on any atom is -0.389 e. The average Bonchev–Trinajstić information content (AvgIpc) is 3.46. The fourth-order valence-corrected chi connectivity index (χ4v) is 6.61. The molecule has 2 aliphatic heterocycles. The molecule has 2 saturated heterocycles. The van der Waals surface area contributed by atoms with Crippen molar-refractivity contribution in [2.45, 2.75) is 76.7 Å². The number of hydrogen-bond donors (Lipinski definition) is 2. The second kappa shape index (κ2) is 10.3. The predicted molar refractivity (Wildman–Crippen MR) is 154 cm³/mol. The van der Waals surface area contributed by atoms with Gasteiger partial charge in [0.25, 0.3) is 5.91 Å². The van der Waals surface area contributed by atoms with Crippen LogP contribution in [0, 0.1) is 29.9 Å². The maximum Gasteiger partial charge on any atom is 0.254 e. The molecule has 8 nitrogen and oxygen atoms in total. The highest BCUT2D eigenvalue weighted by molar-refractivity contribution is 5.99. The Kier molecular flexibility index (Phi) is 6.83. The molecule has 2 aliphatic rings. The van der Waals surface area contributed by atoms with E-state index in [4.69, 9.17) is 5.73 Å². The molecule has 0 radical (unpaired) electrons. The molecule has 216 valence electrons. The molecule has 3 atom stereocenters. The maximum absolute atomic E-state index is 16.2. The molecule has 6 rings (SSSR count). The number of aryl methyl sites for hydroxylation is 1. The number of halogens is 2. The van der Waals surface area contributed by atoms with Gasteiger partial charge in [-0.3, -0.25) is 4.79 Å². The molecule has 1 aromatic heterocycles. The monoisotopic (exact) mass is 570 g/mol. The lowest BCUT2D eigenvalue weighted by molar-refractivity contribution is 0.0571. The number of nitrogens with two attached hydrogens (primary N) is 1. The Hall–Kier alpha value is -4.20. The van der Waals surface area contributed by atoms with Crippen LogP contribution in [0.15, 0.2) is 42.5 Å². The number of nitrogens with zero attached hydrogens (tertiary/aromatic N) is 5. The molecule has 1 amide bonds. The first-order chi connectivity index (χ1) is 19.9. The van der Waals surface area contributed by atoms with E-state index in [0.717, 1.165) is 25.7 Å². The van der Waals surface area contributed by atoms with Crippen molar-refractivity contribution < 1.29 is 18.7 Å². The summed E-state index contributed by atoms with van der Waals surface area (Å²) in [4.78, 5) is 15.8. The summed E-state index contributed by atoms with van der Waals surface area (Å²) >= 11 is 0. The Morgan fingerprint density at radius 2 is 1.81 bits per heavy atom. The molecular weight excluding hydrogens is 538 g/mol. The highest BCUT2D eigenvalue weighted by atomic mass is 19.1. The Labute approximate surface area is 242 Å². The summed E-state index contributed by atoms with van der Waals surface area (Å²) in [6, 6.07) is 12.9. The van der Waals surface area contributed by atoms with Crippen LogP contribution in [0.4, 0.5) is 8.78 Å². The molecule has 2 bridgehead atoms. The summed E-state index contributed by atoms with van der Waals surface area (Å²) < 4.78 is 32.5. The van der Waals surface area contributed by atoms with Gasteiger partial charge in [-0.2, -0.15) is 5.26 Å². The molecule has 0 spiro atoms. The molecule has 3 heterocycles. The zero-order valence-electron chi connectivity index (χ0n) is 23.7. The molecular formula is C32H32F2N6O2. The number of carbonyl (C=O) groups is 1. The van der Waals surface area contributed by atoms with Gasteiger partial charge in [-0.15, -0.1) is 5.10 Å². The number of fused-ring (bicyclic) bond motifs is 3. The van der Waals surface area contributed by atoms with Crippen molar-refractivity contribution in [1.29, 1.82) is 5.26 Å². The van der Waals surface area contributed by atoms with Crippen molar-refractivity contribution in [1.82, 2.24) is 19.9 Å². The molecule has 1 unspecified atom stereocenters. The number of aliphatic hydroxyl groups is 1. The molecule has 42 heavy (non-hydrogen) atoms. The van der Waals surface area contributed by atoms with E-state index in [1.54, 1.807) is 51.1 Å². The summed E-state index contributed by atoms with van der Waals surface area (Å²) in [5.74, 6) is -1.35.